The molecule has 1 aromatic rings. The molecule has 0 spiro atoms. The smallest absolute Gasteiger partial charge is 0.338 e. The Morgan fingerprint density at radius 2 is 1.31 bits per heavy atom. The Balaban J connectivity index is 2.35. The van der Waals surface area contributed by atoms with E-state index in [0.717, 1.165) is 56.7 Å². The standard InChI is InChI=1S/C17H23ClN2O6/c18-9-7-5-3-1-2-4-6-8-10-26-17(21)14-11-15(19(22)23)13-16(12-14)20(24)25/h11-13H,1-10H2. The molecule has 0 N–H and O–H groups in total. The maximum absolute atomic E-state index is 12.0. The zero-order valence-corrected chi connectivity index (χ0v) is 15.3. The first-order valence-electron chi connectivity index (χ1n) is 8.62. The number of carbonyl (C=O) groups excluding carboxylic acids is 1. The number of benzene rings is 1. The Morgan fingerprint density at radius 3 is 1.77 bits per heavy atom. The van der Waals surface area contributed by atoms with Gasteiger partial charge in [0.15, 0.2) is 0 Å². The maximum atomic E-state index is 12.0. The third-order valence-electron chi connectivity index (χ3n) is 3.82. The van der Waals surface area contributed by atoms with E-state index >= 15 is 0 Å². The van der Waals surface area contributed by atoms with Gasteiger partial charge in [0.1, 0.15) is 0 Å². The number of unbranched alkanes of at least 4 members (excludes halogenated alkanes) is 7. The number of rotatable bonds is 13. The van der Waals surface area contributed by atoms with E-state index in [9.17, 15) is 25.0 Å². The fraction of sp³-hybridized carbons (Fsp3) is 0.588. The minimum Gasteiger partial charge on any atom is -0.462 e. The van der Waals surface area contributed by atoms with Gasteiger partial charge in [-0.2, -0.15) is 0 Å². The first kappa shape index (κ1) is 21.8. The molecule has 0 atom stereocenters. The number of nitro benzene ring substituents is 2. The van der Waals surface area contributed by atoms with Crippen molar-refractivity contribution in [1.82, 2.24) is 0 Å². The van der Waals surface area contributed by atoms with Gasteiger partial charge in [-0.25, -0.2) is 4.79 Å². The van der Waals surface area contributed by atoms with Gasteiger partial charge >= 0.3 is 5.97 Å². The molecule has 26 heavy (non-hydrogen) atoms. The van der Waals surface area contributed by atoms with Crippen LogP contribution in [0.25, 0.3) is 0 Å². The minimum absolute atomic E-state index is 0.182. The average molecular weight is 387 g/mol. The Labute approximate surface area is 156 Å². The van der Waals surface area contributed by atoms with Gasteiger partial charge in [0, 0.05) is 18.0 Å². The number of nitro groups is 2. The predicted molar refractivity (Wildman–Crippen MR) is 97.7 cm³/mol. The number of halogens is 1. The van der Waals surface area contributed by atoms with Crippen LogP contribution in [-0.4, -0.2) is 28.3 Å². The van der Waals surface area contributed by atoms with Crippen molar-refractivity contribution < 1.29 is 19.4 Å². The number of non-ortho nitro benzene ring substituents is 2. The van der Waals surface area contributed by atoms with Gasteiger partial charge in [-0.05, 0) is 12.8 Å². The number of hydrogen-bond acceptors (Lipinski definition) is 6. The second-order valence-corrected chi connectivity index (χ2v) is 6.28. The fourth-order valence-electron chi connectivity index (χ4n) is 2.43. The van der Waals surface area contributed by atoms with E-state index in [1.54, 1.807) is 0 Å². The van der Waals surface area contributed by atoms with Gasteiger partial charge in [0.25, 0.3) is 11.4 Å². The lowest BCUT2D eigenvalue weighted by atomic mass is 10.1. The van der Waals surface area contributed by atoms with Crippen LogP contribution in [-0.2, 0) is 4.74 Å². The van der Waals surface area contributed by atoms with Crippen molar-refractivity contribution in [2.24, 2.45) is 0 Å². The van der Waals surface area contributed by atoms with Crippen molar-refractivity contribution in [3.8, 4) is 0 Å². The van der Waals surface area contributed by atoms with Crippen molar-refractivity contribution >= 4 is 28.9 Å². The summed E-state index contributed by atoms with van der Waals surface area (Å²) in [5.41, 5.74) is -1.22. The molecule has 1 aromatic carbocycles. The van der Waals surface area contributed by atoms with Crippen LogP contribution in [0, 0.1) is 20.2 Å². The summed E-state index contributed by atoms with van der Waals surface area (Å²) in [7, 11) is 0. The molecule has 0 unspecified atom stereocenters. The maximum Gasteiger partial charge on any atom is 0.338 e. The lowest BCUT2D eigenvalue weighted by Gasteiger charge is -2.05. The molecule has 0 aliphatic carbocycles. The highest BCUT2D eigenvalue weighted by Crippen LogP contribution is 2.23. The highest BCUT2D eigenvalue weighted by molar-refractivity contribution is 6.17. The van der Waals surface area contributed by atoms with Crippen LogP contribution in [0.4, 0.5) is 11.4 Å². The van der Waals surface area contributed by atoms with Gasteiger partial charge in [-0.3, -0.25) is 20.2 Å². The number of carbonyl (C=O) groups is 1. The lowest BCUT2D eigenvalue weighted by molar-refractivity contribution is -0.394. The van der Waals surface area contributed by atoms with Gasteiger partial charge in [0.05, 0.1) is 28.1 Å². The third-order valence-corrected chi connectivity index (χ3v) is 4.09. The van der Waals surface area contributed by atoms with Gasteiger partial charge in [-0.15, -0.1) is 11.6 Å². The molecule has 0 amide bonds. The summed E-state index contributed by atoms with van der Waals surface area (Å²) in [5.74, 6) is -0.0862. The third kappa shape index (κ3) is 8.24. The van der Waals surface area contributed by atoms with Crippen LogP contribution >= 0.6 is 11.6 Å². The molecule has 1 rings (SSSR count). The molecule has 8 nitrogen and oxygen atoms in total. The molecule has 0 heterocycles. The van der Waals surface area contributed by atoms with Crippen LogP contribution in [0.15, 0.2) is 18.2 Å². The molecule has 144 valence electrons. The van der Waals surface area contributed by atoms with Gasteiger partial charge in [-0.1, -0.05) is 38.5 Å². The van der Waals surface area contributed by atoms with E-state index in [1.807, 2.05) is 0 Å². The van der Waals surface area contributed by atoms with Crippen molar-refractivity contribution in [3.63, 3.8) is 0 Å². The van der Waals surface area contributed by atoms with Gasteiger partial charge in [0.2, 0.25) is 0 Å². The van der Waals surface area contributed by atoms with Crippen molar-refractivity contribution in [2.75, 3.05) is 12.5 Å². The minimum atomic E-state index is -0.794. The molecular weight excluding hydrogens is 364 g/mol. The zero-order chi connectivity index (χ0) is 19.4. The second kappa shape index (κ2) is 12.2. The van der Waals surface area contributed by atoms with Crippen LogP contribution in [0.1, 0.15) is 61.7 Å². The summed E-state index contributed by atoms with van der Waals surface area (Å²) >= 11 is 5.61. The number of hydrogen-bond donors (Lipinski definition) is 0. The first-order chi connectivity index (χ1) is 12.5. The summed E-state index contributed by atoms with van der Waals surface area (Å²) in [5, 5.41) is 21.6. The SMILES string of the molecule is O=C(OCCCCCCCCCCCl)c1cc([N+](=O)[O-])cc([N+](=O)[O-])c1. The van der Waals surface area contributed by atoms with E-state index < -0.39 is 27.2 Å². The Bertz CT molecular complexity index is 591. The van der Waals surface area contributed by atoms with E-state index in [0.29, 0.717) is 12.3 Å². The molecule has 0 fully saturated rings. The van der Waals surface area contributed by atoms with Crippen molar-refractivity contribution in [2.45, 2.75) is 51.4 Å². The van der Waals surface area contributed by atoms with Crippen LogP contribution < -0.4 is 0 Å². The fourth-order valence-corrected chi connectivity index (χ4v) is 2.62. The number of nitrogens with zero attached hydrogens (tertiary/aromatic N) is 2. The summed E-state index contributed by atoms with van der Waals surface area (Å²) in [6, 6.07) is 2.77. The molecule has 0 aliphatic heterocycles. The largest absolute Gasteiger partial charge is 0.462 e. The van der Waals surface area contributed by atoms with Crippen molar-refractivity contribution in [3.05, 3.63) is 44.0 Å². The van der Waals surface area contributed by atoms with Gasteiger partial charge < -0.3 is 4.74 Å². The Hall–Kier alpha value is -2.22. The van der Waals surface area contributed by atoms with E-state index in [4.69, 9.17) is 16.3 Å². The summed E-state index contributed by atoms with van der Waals surface area (Å²) in [6.45, 7) is 0.182. The van der Waals surface area contributed by atoms with Crippen LogP contribution in [0.3, 0.4) is 0 Å². The monoisotopic (exact) mass is 386 g/mol. The predicted octanol–water partition coefficient (Wildman–Crippen LogP) is 5.02. The average Bonchev–Trinajstić information content (AvgIpc) is 2.62. The number of ether oxygens (including phenoxy) is 1. The molecule has 0 aromatic heterocycles. The van der Waals surface area contributed by atoms with E-state index in [1.165, 1.54) is 6.42 Å². The molecule has 9 heteroatoms. The normalized spacial score (nSPS) is 10.5. The molecular formula is C17H23ClN2O6. The Kier molecular flexibility index (Phi) is 10.2. The second-order valence-electron chi connectivity index (χ2n) is 5.91. The number of alkyl halides is 1. The molecule has 0 bridgehead atoms. The zero-order valence-electron chi connectivity index (χ0n) is 14.5. The van der Waals surface area contributed by atoms with Crippen LogP contribution in [0.5, 0.6) is 0 Å². The molecule has 0 saturated carbocycles. The van der Waals surface area contributed by atoms with E-state index in [2.05, 4.69) is 0 Å². The Morgan fingerprint density at radius 1 is 0.846 bits per heavy atom. The quantitative estimate of drug-likeness (QED) is 0.155. The first-order valence-corrected chi connectivity index (χ1v) is 9.16. The molecule has 0 saturated heterocycles. The molecule has 0 aliphatic rings. The van der Waals surface area contributed by atoms with E-state index in [-0.39, 0.29) is 12.2 Å². The highest BCUT2D eigenvalue weighted by Gasteiger charge is 2.20. The summed E-state index contributed by atoms with van der Waals surface area (Å²) in [6.07, 6.45) is 8.29. The summed E-state index contributed by atoms with van der Waals surface area (Å²) < 4.78 is 5.06. The molecule has 0 radical (unpaired) electrons. The summed E-state index contributed by atoms with van der Waals surface area (Å²) in [4.78, 5) is 32.0. The topological polar surface area (TPSA) is 113 Å². The van der Waals surface area contributed by atoms with Crippen LogP contribution in [0.2, 0.25) is 0 Å². The van der Waals surface area contributed by atoms with Crippen molar-refractivity contribution in [1.29, 1.82) is 0 Å². The highest BCUT2D eigenvalue weighted by atomic mass is 35.5. The lowest BCUT2D eigenvalue weighted by Crippen LogP contribution is -2.08. The number of esters is 1.